The summed E-state index contributed by atoms with van der Waals surface area (Å²) in [6.45, 7) is 2.45. The Hall–Kier alpha value is -2.77. The van der Waals surface area contributed by atoms with E-state index in [1.807, 2.05) is 0 Å². The molecule has 1 heterocycles. The predicted octanol–water partition coefficient (Wildman–Crippen LogP) is 1.99. The first-order chi connectivity index (χ1) is 10.6. The molecular weight excluding hydrogens is 288 g/mol. The average Bonchev–Trinajstić information content (AvgIpc) is 2.99. The first-order valence-corrected chi connectivity index (χ1v) is 6.87. The first kappa shape index (κ1) is 14.2. The Bertz CT molecular complexity index is 714. The molecule has 1 fully saturated rings. The maximum atomic E-state index is 12.0. The van der Waals surface area contributed by atoms with Gasteiger partial charge in [0.05, 0.1) is 17.1 Å². The minimum Gasteiger partial charge on any atom is -0.462 e. The molecule has 0 aliphatic heterocycles. The van der Waals surface area contributed by atoms with Crippen molar-refractivity contribution in [2.75, 3.05) is 6.61 Å². The fourth-order valence-electron chi connectivity index (χ4n) is 2.22. The highest BCUT2D eigenvalue weighted by molar-refractivity contribution is 5.90. The van der Waals surface area contributed by atoms with Crippen molar-refractivity contribution >= 4 is 11.7 Å². The van der Waals surface area contributed by atoms with E-state index in [2.05, 4.69) is 17.0 Å². The van der Waals surface area contributed by atoms with Crippen LogP contribution >= 0.6 is 0 Å². The Balaban J connectivity index is 1.82. The van der Waals surface area contributed by atoms with Crippen molar-refractivity contribution in [2.45, 2.75) is 13.3 Å². The molecule has 1 aromatic carbocycles. The summed E-state index contributed by atoms with van der Waals surface area (Å²) in [7, 11) is 0. The number of hydrogen-bond acceptors (Lipinski definition) is 6. The van der Waals surface area contributed by atoms with Gasteiger partial charge in [-0.1, -0.05) is 6.92 Å². The van der Waals surface area contributed by atoms with Gasteiger partial charge >= 0.3 is 5.97 Å². The number of carbonyl (C=O) groups is 1. The second kappa shape index (κ2) is 5.55. The van der Waals surface area contributed by atoms with Crippen LogP contribution in [0.25, 0.3) is 5.69 Å². The molecule has 1 saturated carbocycles. The third-order valence-electron chi connectivity index (χ3n) is 3.78. The van der Waals surface area contributed by atoms with Crippen LogP contribution in [0, 0.1) is 22.0 Å². The largest absolute Gasteiger partial charge is 0.462 e. The van der Waals surface area contributed by atoms with Crippen molar-refractivity contribution in [2.24, 2.45) is 11.8 Å². The monoisotopic (exact) mass is 302 g/mol. The average molecular weight is 302 g/mol. The van der Waals surface area contributed by atoms with E-state index in [-0.39, 0.29) is 16.9 Å². The number of aromatic nitrogens is 3. The van der Waals surface area contributed by atoms with Crippen LogP contribution in [-0.2, 0) is 4.74 Å². The van der Waals surface area contributed by atoms with Crippen LogP contribution in [-0.4, -0.2) is 32.3 Å². The molecule has 1 aliphatic carbocycles. The van der Waals surface area contributed by atoms with Crippen molar-refractivity contribution < 1.29 is 14.5 Å². The number of benzene rings is 1. The minimum absolute atomic E-state index is 0.156. The van der Waals surface area contributed by atoms with Gasteiger partial charge in [0, 0.05) is 6.07 Å². The summed E-state index contributed by atoms with van der Waals surface area (Å²) in [5, 5.41) is 15.1. The van der Waals surface area contributed by atoms with E-state index < -0.39 is 10.9 Å². The van der Waals surface area contributed by atoms with Crippen molar-refractivity contribution in [3.8, 4) is 5.69 Å². The topological polar surface area (TPSA) is 100 Å². The number of nitro groups is 1. The quantitative estimate of drug-likeness (QED) is 0.475. The maximum Gasteiger partial charge on any atom is 0.338 e. The summed E-state index contributed by atoms with van der Waals surface area (Å²) in [6.07, 6.45) is 3.69. The fourth-order valence-corrected chi connectivity index (χ4v) is 2.22. The van der Waals surface area contributed by atoms with E-state index >= 15 is 0 Å². The van der Waals surface area contributed by atoms with Gasteiger partial charge in [0.2, 0.25) is 0 Å². The molecule has 0 amide bonds. The van der Waals surface area contributed by atoms with Gasteiger partial charge in [0.1, 0.15) is 18.3 Å². The molecule has 8 nitrogen and oxygen atoms in total. The van der Waals surface area contributed by atoms with Crippen LogP contribution in [0.4, 0.5) is 5.69 Å². The zero-order valence-corrected chi connectivity index (χ0v) is 11.9. The Morgan fingerprint density at radius 3 is 2.91 bits per heavy atom. The van der Waals surface area contributed by atoms with Crippen molar-refractivity contribution in [3.63, 3.8) is 0 Å². The van der Waals surface area contributed by atoms with Gasteiger partial charge in [-0.2, -0.15) is 5.10 Å². The summed E-state index contributed by atoms with van der Waals surface area (Å²) >= 11 is 0. The third-order valence-corrected chi connectivity index (χ3v) is 3.78. The summed E-state index contributed by atoms with van der Waals surface area (Å²) in [5.74, 6) is 0.442. The van der Waals surface area contributed by atoms with Gasteiger partial charge in [-0.05, 0) is 30.4 Å². The van der Waals surface area contributed by atoms with Crippen molar-refractivity contribution in [1.82, 2.24) is 14.8 Å². The summed E-state index contributed by atoms with van der Waals surface area (Å²) in [6, 6.07) is 4.15. The molecule has 0 saturated heterocycles. The lowest BCUT2D eigenvalue weighted by atomic mass is 10.1. The van der Waals surface area contributed by atoms with Crippen LogP contribution in [0.5, 0.6) is 0 Å². The van der Waals surface area contributed by atoms with E-state index in [0.29, 0.717) is 18.4 Å². The zero-order valence-electron chi connectivity index (χ0n) is 11.9. The van der Waals surface area contributed by atoms with Crippen molar-refractivity contribution in [1.29, 1.82) is 0 Å². The van der Waals surface area contributed by atoms with E-state index in [9.17, 15) is 14.9 Å². The number of nitro benzene ring substituents is 1. The zero-order chi connectivity index (χ0) is 15.7. The summed E-state index contributed by atoms with van der Waals surface area (Å²) in [5.41, 5.74) is 0.179. The SMILES string of the molecule is C[C@@H]1C[C@H]1COC(=O)c1ccc(-n2cncn2)c([N+](=O)[O-])c1. The number of hydrogen-bond donors (Lipinski definition) is 0. The molecule has 2 aromatic rings. The standard InChI is InChI=1S/C14H14N4O4/c1-9-4-11(9)6-22-14(19)10-2-3-12(13(5-10)18(20)21)17-8-15-7-16-17/h2-3,5,7-9,11H,4,6H2,1H3/t9-,11+/m1/s1. The molecule has 8 heteroatoms. The number of rotatable bonds is 5. The lowest BCUT2D eigenvalue weighted by Gasteiger charge is -2.06. The lowest BCUT2D eigenvalue weighted by molar-refractivity contribution is -0.384. The second-order valence-electron chi connectivity index (χ2n) is 5.37. The highest BCUT2D eigenvalue weighted by Gasteiger charge is 2.33. The molecule has 0 spiro atoms. The van der Waals surface area contributed by atoms with Crippen molar-refractivity contribution in [3.05, 3.63) is 46.5 Å². The van der Waals surface area contributed by atoms with Crippen LogP contribution in [0.1, 0.15) is 23.7 Å². The fraction of sp³-hybridized carbons (Fsp3) is 0.357. The van der Waals surface area contributed by atoms with Gasteiger partial charge in [0.15, 0.2) is 0 Å². The molecule has 114 valence electrons. The van der Waals surface area contributed by atoms with Crippen LogP contribution < -0.4 is 0 Å². The number of nitrogens with zero attached hydrogens (tertiary/aromatic N) is 4. The highest BCUT2D eigenvalue weighted by Crippen LogP contribution is 2.37. The molecular formula is C14H14N4O4. The van der Waals surface area contributed by atoms with Crippen LogP contribution in [0.2, 0.25) is 0 Å². The normalized spacial score (nSPS) is 19.7. The van der Waals surface area contributed by atoms with Crippen LogP contribution in [0.3, 0.4) is 0 Å². The summed E-state index contributed by atoms with van der Waals surface area (Å²) in [4.78, 5) is 26.4. The maximum absolute atomic E-state index is 12.0. The number of ether oxygens (including phenoxy) is 1. The Morgan fingerprint density at radius 2 is 2.32 bits per heavy atom. The van der Waals surface area contributed by atoms with Gasteiger partial charge in [0.25, 0.3) is 5.69 Å². The molecule has 22 heavy (non-hydrogen) atoms. The summed E-state index contributed by atoms with van der Waals surface area (Å²) < 4.78 is 6.47. The molecule has 2 atom stereocenters. The second-order valence-corrected chi connectivity index (χ2v) is 5.37. The molecule has 0 radical (unpaired) electrons. The molecule has 1 aromatic heterocycles. The van der Waals surface area contributed by atoms with E-state index in [4.69, 9.17) is 4.74 Å². The van der Waals surface area contributed by atoms with Gasteiger partial charge in [-0.3, -0.25) is 10.1 Å². The predicted molar refractivity (Wildman–Crippen MR) is 75.6 cm³/mol. The Kier molecular flexibility index (Phi) is 3.58. The highest BCUT2D eigenvalue weighted by atomic mass is 16.6. The van der Waals surface area contributed by atoms with E-state index in [1.165, 1.54) is 35.5 Å². The smallest absolute Gasteiger partial charge is 0.338 e. The molecule has 0 bridgehead atoms. The number of carbonyl (C=O) groups excluding carboxylic acids is 1. The lowest BCUT2D eigenvalue weighted by Crippen LogP contribution is -2.09. The molecule has 1 aliphatic rings. The molecule has 0 unspecified atom stereocenters. The van der Waals surface area contributed by atoms with Gasteiger partial charge in [-0.15, -0.1) is 0 Å². The van der Waals surface area contributed by atoms with Gasteiger partial charge in [-0.25, -0.2) is 14.5 Å². The van der Waals surface area contributed by atoms with E-state index in [1.54, 1.807) is 0 Å². The Labute approximate surface area is 125 Å². The molecule has 3 rings (SSSR count). The molecule has 0 N–H and O–H groups in total. The first-order valence-electron chi connectivity index (χ1n) is 6.87. The van der Waals surface area contributed by atoms with Gasteiger partial charge < -0.3 is 4.74 Å². The number of esters is 1. The minimum atomic E-state index is -0.559. The van der Waals surface area contributed by atoms with E-state index in [0.717, 1.165) is 6.42 Å². The Morgan fingerprint density at radius 1 is 1.55 bits per heavy atom. The third kappa shape index (κ3) is 2.80. The van der Waals surface area contributed by atoms with Crippen LogP contribution in [0.15, 0.2) is 30.9 Å².